The lowest BCUT2D eigenvalue weighted by molar-refractivity contribution is -0.114. The second-order valence-electron chi connectivity index (χ2n) is 6.65. The molecule has 0 fully saturated rings. The first kappa shape index (κ1) is 24.2. The fourth-order valence-corrected chi connectivity index (χ4v) is 2.68. The van der Waals surface area contributed by atoms with Crippen molar-refractivity contribution in [1.82, 2.24) is 5.32 Å². The van der Waals surface area contributed by atoms with Crippen LogP contribution in [-0.4, -0.2) is 58.4 Å². The molecule has 8 nitrogen and oxygen atoms in total. The minimum absolute atomic E-state index is 0.0952. The fourth-order valence-electron chi connectivity index (χ4n) is 2.68. The predicted octanol–water partition coefficient (Wildman–Crippen LogP) is 2.92. The van der Waals surface area contributed by atoms with E-state index in [1.165, 1.54) is 0 Å². The lowest BCUT2D eigenvalue weighted by atomic mass is 10.2. The number of methoxy groups -OCH3 is 1. The average Bonchev–Trinajstić information content (AvgIpc) is 2.79. The zero-order valence-electron chi connectivity index (χ0n) is 18.1. The Morgan fingerprint density at radius 1 is 0.968 bits per heavy atom. The topological polar surface area (TPSA) is 97.9 Å². The lowest BCUT2D eigenvalue weighted by Gasteiger charge is -2.10. The summed E-state index contributed by atoms with van der Waals surface area (Å²) in [5.41, 5.74) is 1.86. The van der Waals surface area contributed by atoms with Crippen molar-refractivity contribution >= 4 is 23.2 Å². The number of rotatable bonds is 14. The van der Waals surface area contributed by atoms with Crippen LogP contribution in [0.25, 0.3) is 0 Å². The van der Waals surface area contributed by atoms with Crippen LogP contribution in [0, 0.1) is 0 Å². The maximum atomic E-state index is 12.3. The molecule has 2 aromatic carbocycles. The van der Waals surface area contributed by atoms with Gasteiger partial charge in [0.25, 0.3) is 5.91 Å². The number of hydrogen-bond donors (Lipinski definition) is 3. The second-order valence-corrected chi connectivity index (χ2v) is 6.65. The highest BCUT2D eigenvalue weighted by Crippen LogP contribution is 2.16. The van der Waals surface area contributed by atoms with Gasteiger partial charge in [-0.05, 0) is 55.8 Å². The second kappa shape index (κ2) is 14.0. The molecule has 31 heavy (non-hydrogen) atoms. The molecule has 0 aliphatic heterocycles. The first-order valence-corrected chi connectivity index (χ1v) is 10.3. The van der Waals surface area contributed by atoms with Gasteiger partial charge in [-0.15, -0.1) is 0 Å². The standard InChI is InChI=1S/C23H31N3O5/c1-3-30-14-15-31-21-10-8-19(9-11-21)25-17-22(27)26-20-7-4-6-18(16-20)23(28)24-12-5-13-29-2/h4,6-11,16,25H,3,5,12-15,17H2,1-2H3,(H,24,28)(H,26,27). The molecule has 3 N–H and O–H groups in total. The molecule has 0 saturated carbocycles. The molecular weight excluding hydrogens is 398 g/mol. The summed E-state index contributed by atoms with van der Waals surface area (Å²) in [5, 5.41) is 8.68. The van der Waals surface area contributed by atoms with Crippen LogP contribution >= 0.6 is 0 Å². The van der Waals surface area contributed by atoms with Crippen LogP contribution in [0.4, 0.5) is 11.4 Å². The molecule has 2 amide bonds. The Kier molecular flexibility index (Phi) is 10.9. The Bertz CT molecular complexity index is 811. The van der Waals surface area contributed by atoms with Crippen molar-refractivity contribution in [3.8, 4) is 5.75 Å². The van der Waals surface area contributed by atoms with Crippen LogP contribution in [-0.2, 0) is 14.3 Å². The molecule has 2 aromatic rings. The van der Waals surface area contributed by atoms with E-state index in [0.717, 1.165) is 17.9 Å². The van der Waals surface area contributed by atoms with E-state index in [1.54, 1.807) is 31.4 Å². The number of carbonyl (C=O) groups is 2. The molecule has 168 valence electrons. The molecular formula is C23H31N3O5. The number of nitrogens with one attached hydrogen (secondary N) is 3. The van der Waals surface area contributed by atoms with Crippen molar-refractivity contribution in [1.29, 1.82) is 0 Å². The molecule has 0 radical (unpaired) electrons. The molecule has 0 unspecified atom stereocenters. The zero-order valence-corrected chi connectivity index (χ0v) is 18.1. The van der Waals surface area contributed by atoms with Crippen molar-refractivity contribution < 1.29 is 23.8 Å². The van der Waals surface area contributed by atoms with Crippen molar-refractivity contribution in [3.05, 3.63) is 54.1 Å². The first-order chi connectivity index (χ1) is 15.1. The Morgan fingerprint density at radius 2 is 1.77 bits per heavy atom. The number of amides is 2. The van der Waals surface area contributed by atoms with Gasteiger partial charge in [0.05, 0.1) is 13.2 Å². The molecule has 0 saturated heterocycles. The maximum Gasteiger partial charge on any atom is 0.251 e. The Labute approximate surface area is 183 Å². The van der Waals surface area contributed by atoms with Gasteiger partial charge in [0.1, 0.15) is 12.4 Å². The number of benzene rings is 2. The summed E-state index contributed by atoms with van der Waals surface area (Å²) in [6.07, 6.45) is 0.741. The Hall–Kier alpha value is -3.10. The third-order valence-electron chi connectivity index (χ3n) is 4.23. The van der Waals surface area contributed by atoms with Crippen LogP contribution in [0.5, 0.6) is 5.75 Å². The van der Waals surface area contributed by atoms with E-state index in [1.807, 2.05) is 31.2 Å². The Morgan fingerprint density at radius 3 is 2.52 bits per heavy atom. The zero-order chi connectivity index (χ0) is 22.3. The highest BCUT2D eigenvalue weighted by Gasteiger charge is 2.08. The highest BCUT2D eigenvalue weighted by molar-refractivity contribution is 5.98. The predicted molar refractivity (Wildman–Crippen MR) is 121 cm³/mol. The van der Waals surface area contributed by atoms with E-state index in [0.29, 0.717) is 44.2 Å². The largest absolute Gasteiger partial charge is 0.491 e. The van der Waals surface area contributed by atoms with Gasteiger partial charge < -0.3 is 30.2 Å². The summed E-state index contributed by atoms with van der Waals surface area (Å²) >= 11 is 0. The number of anilines is 2. The lowest BCUT2D eigenvalue weighted by Crippen LogP contribution is -2.25. The number of carbonyl (C=O) groups excluding carboxylic acids is 2. The monoisotopic (exact) mass is 429 g/mol. The normalized spacial score (nSPS) is 10.4. The van der Waals surface area contributed by atoms with Crippen LogP contribution in [0.15, 0.2) is 48.5 Å². The van der Waals surface area contributed by atoms with E-state index < -0.39 is 0 Å². The van der Waals surface area contributed by atoms with Crippen molar-refractivity contribution in [2.24, 2.45) is 0 Å². The molecule has 8 heteroatoms. The van der Waals surface area contributed by atoms with Crippen molar-refractivity contribution in [2.75, 3.05) is 57.3 Å². The van der Waals surface area contributed by atoms with Crippen LogP contribution in [0.2, 0.25) is 0 Å². The summed E-state index contributed by atoms with van der Waals surface area (Å²) in [4.78, 5) is 24.4. The number of ether oxygens (including phenoxy) is 3. The molecule has 0 spiro atoms. The van der Waals surface area contributed by atoms with Crippen molar-refractivity contribution in [3.63, 3.8) is 0 Å². The third-order valence-corrected chi connectivity index (χ3v) is 4.23. The van der Waals surface area contributed by atoms with Gasteiger partial charge in [0.15, 0.2) is 0 Å². The van der Waals surface area contributed by atoms with Crippen LogP contribution in [0.1, 0.15) is 23.7 Å². The van der Waals surface area contributed by atoms with Crippen LogP contribution in [0.3, 0.4) is 0 Å². The molecule has 2 rings (SSSR count). The van der Waals surface area contributed by atoms with E-state index in [-0.39, 0.29) is 18.4 Å². The maximum absolute atomic E-state index is 12.3. The summed E-state index contributed by atoms with van der Waals surface area (Å²) in [7, 11) is 1.62. The van der Waals surface area contributed by atoms with Gasteiger partial charge in [-0.3, -0.25) is 9.59 Å². The molecule has 0 heterocycles. The van der Waals surface area contributed by atoms with Gasteiger partial charge in [-0.1, -0.05) is 6.07 Å². The van der Waals surface area contributed by atoms with Gasteiger partial charge in [-0.2, -0.15) is 0 Å². The molecule has 0 aliphatic rings. The summed E-state index contributed by atoms with van der Waals surface area (Å²) in [6.45, 7) is 4.87. The SMILES string of the molecule is CCOCCOc1ccc(NCC(=O)Nc2cccc(C(=O)NCCCOC)c2)cc1. The minimum atomic E-state index is -0.213. The fraction of sp³-hybridized carbons (Fsp3) is 0.391. The average molecular weight is 430 g/mol. The van der Waals surface area contributed by atoms with E-state index in [9.17, 15) is 9.59 Å². The van der Waals surface area contributed by atoms with Gasteiger partial charge in [-0.25, -0.2) is 0 Å². The summed E-state index contributed by atoms with van der Waals surface area (Å²) in [6, 6.07) is 14.2. The first-order valence-electron chi connectivity index (χ1n) is 10.3. The summed E-state index contributed by atoms with van der Waals surface area (Å²) in [5.74, 6) is 0.343. The van der Waals surface area contributed by atoms with E-state index in [2.05, 4.69) is 16.0 Å². The van der Waals surface area contributed by atoms with E-state index >= 15 is 0 Å². The number of hydrogen-bond acceptors (Lipinski definition) is 6. The summed E-state index contributed by atoms with van der Waals surface area (Å²) < 4.78 is 15.8. The molecule has 0 aliphatic carbocycles. The van der Waals surface area contributed by atoms with Gasteiger partial charge in [0.2, 0.25) is 5.91 Å². The van der Waals surface area contributed by atoms with Gasteiger partial charge >= 0.3 is 0 Å². The molecule has 0 bridgehead atoms. The van der Waals surface area contributed by atoms with Gasteiger partial charge in [0, 0.05) is 43.8 Å². The smallest absolute Gasteiger partial charge is 0.251 e. The van der Waals surface area contributed by atoms with Crippen molar-refractivity contribution in [2.45, 2.75) is 13.3 Å². The van der Waals surface area contributed by atoms with E-state index in [4.69, 9.17) is 14.2 Å². The van der Waals surface area contributed by atoms with Crippen LogP contribution < -0.4 is 20.7 Å². The third kappa shape index (κ3) is 9.50. The Balaban J connectivity index is 1.76. The molecule has 0 aromatic heterocycles. The highest BCUT2D eigenvalue weighted by atomic mass is 16.5. The minimum Gasteiger partial charge on any atom is -0.491 e. The molecule has 0 atom stereocenters. The quantitative estimate of drug-likeness (QED) is 0.400.